The fourth-order valence-electron chi connectivity index (χ4n) is 1.91. The molecule has 1 aromatic carbocycles. The van der Waals surface area contributed by atoms with Gasteiger partial charge in [-0.3, -0.25) is 0 Å². The highest BCUT2D eigenvalue weighted by atomic mass is 16.6. The molecule has 2 N–H and O–H groups in total. The smallest absolute Gasteiger partial charge is 0.408 e. The second-order valence-electron chi connectivity index (χ2n) is 6.53. The van der Waals surface area contributed by atoms with Crippen LogP contribution in [-0.2, 0) is 14.3 Å². The number of carbonyl (C=O) groups is 2. The number of hydrogen-bond donors (Lipinski definition) is 2. The molecule has 0 radical (unpaired) electrons. The third-order valence-electron chi connectivity index (χ3n) is 3.15. The first-order valence-corrected chi connectivity index (χ1v) is 7.57. The van der Waals surface area contributed by atoms with Gasteiger partial charge in [0, 0.05) is 12.2 Å². The number of benzene rings is 1. The van der Waals surface area contributed by atoms with Crippen molar-refractivity contribution in [3.8, 4) is 5.75 Å². The summed E-state index contributed by atoms with van der Waals surface area (Å²) in [7, 11) is 2.85. The molecule has 0 fully saturated rings. The van der Waals surface area contributed by atoms with Crippen molar-refractivity contribution in [2.45, 2.75) is 38.8 Å². The van der Waals surface area contributed by atoms with Crippen LogP contribution < -0.4 is 15.4 Å². The number of nitrogens with one attached hydrogen (secondary N) is 2. The van der Waals surface area contributed by atoms with Gasteiger partial charge in [-0.05, 0) is 52.0 Å². The maximum absolute atomic E-state index is 12.1. The molecule has 1 aromatic rings. The van der Waals surface area contributed by atoms with E-state index >= 15 is 0 Å². The number of ether oxygens (including phenoxy) is 3. The highest BCUT2D eigenvalue weighted by molar-refractivity contribution is 5.86. The van der Waals surface area contributed by atoms with Gasteiger partial charge in [-0.15, -0.1) is 0 Å². The van der Waals surface area contributed by atoms with E-state index in [2.05, 4.69) is 10.6 Å². The van der Waals surface area contributed by atoms with Crippen molar-refractivity contribution in [3.05, 3.63) is 24.3 Å². The van der Waals surface area contributed by atoms with Crippen LogP contribution in [0.1, 0.15) is 27.7 Å². The van der Waals surface area contributed by atoms with Crippen molar-refractivity contribution in [3.63, 3.8) is 0 Å². The van der Waals surface area contributed by atoms with Gasteiger partial charge in [-0.1, -0.05) is 0 Å². The number of esters is 1. The number of rotatable bonds is 6. The lowest BCUT2D eigenvalue weighted by Crippen LogP contribution is -2.57. The van der Waals surface area contributed by atoms with Gasteiger partial charge >= 0.3 is 12.1 Å². The van der Waals surface area contributed by atoms with Crippen molar-refractivity contribution < 1.29 is 23.8 Å². The molecule has 1 amide bonds. The van der Waals surface area contributed by atoms with Crippen molar-refractivity contribution in [2.75, 3.05) is 26.1 Å². The van der Waals surface area contributed by atoms with Crippen LogP contribution in [0.15, 0.2) is 24.3 Å². The predicted molar refractivity (Wildman–Crippen MR) is 91.3 cm³/mol. The van der Waals surface area contributed by atoms with Gasteiger partial charge in [0.05, 0.1) is 14.2 Å². The molecular formula is C17H26N2O5. The molecule has 1 unspecified atom stereocenters. The first kappa shape index (κ1) is 19.6. The van der Waals surface area contributed by atoms with Gasteiger partial charge in [-0.2, -0.15) is 0 Å². The van der Waals surface area contributed by atoms with Gasteiger partial charge in [0.2, 0.25) is 0 Å². The van der Waals surface area contributed by atoms with Crippen LogP contribution in [0.3, 0.4) is 0 Å². The Kier molecular flexibility index (Phi) is 6.45. The minimum atomic E-state index is -1.28. The van der Waals surface area contributed by atoms with Crippen LogP contribution in [-0.4, -0.2) is 44.0 Å². The summed E-state index contributed by atoms with van der Waals surface area (Å²) in [6.07, 6.45) is -0.688. The first-order chi connectivity index (χ1) is 11.1. The van der Waals surface area contributed by atoms with Crippen molar-refractivity contribution >= 4 is 17.7 Å². The molecule has 7 nitrogen and oxygen atoms in total. The minimum absolute atomic E-state index is 0.130. The molecule has 24 heavy (non-hydrogen) atoms. The third kappa shape index (κ3) is 5.98. The van der Waals surface area contributed by atoms with Crippen LogP contribution in [0.5, 0.6) is 5.75 Å². The standard InChI is InChI=1S/C17H26N2O5/c1-16(2,3)24-15(21)19-17(4,14(20)23-6)11-18-12-7-9-13(22-5)10-8-12/h7-10,18H,11H2,1-6H3,(H,19,21). The van der Waals surface area contributed by atoms with E-state index in [0.717, 1.165) is 11.4 Å². The van der Waals surface area contributed by atoms with E-state index in [0.29, 0.717) is 0 Å². The van der Waals surface area contributed by atoms with Crippen LogP contribution in [0.2, 0.25) is 0 Å². The zero-order valence-electron chi connectivity index (χ0n) is 15.1. The van der Waals surface area contributed by atoms with Crippen LogP contribution in [0.25, 0.3) is 0 Å². The fourth-order valence-corrected chi connectivity index (χ4v) is 1.91. The molecule has 7 heteroatoms. The molecule has 0 aliphatic heterocycles. The average Bonchev–Trinajstić information content (AvgIpc) is 2.50. The molecule has 0 saturated heterocycles. The lowest BCUT2D eigenvalue weighted by atomic mass is 10.0. The highest BCUT2D eigenvalue weighted by Crippen LogP contribution is 2.17. The molecule has 1 rings (SSSR count). The number of methoxy groups -OCH3 is 2. The summed E-state index contributed by atoms with van der Waals surface area (Å²) in [6.45, 7) is 6.94. The van der Waals surface area contributed by atoms with Crippen LogP contribution in [0, 0.1) is 0 Å². The van der Waals surface area contributed by atoms with Crippen molar-refractivity contribution in [1.29, 1.82) is 0 Å². The SMILES string of the molecule is COC(=O)C(C)(CNc1ccc(OC)cc1)NC(=O)OC(C)(C)C. The molecule has 0 aliphatic rings. The van der Waals surface area contributed by atoms with E-state index in [-0.39, 0.29) is 6.54 Å². The Hall–Kier alpha value is -2.44. The predicted octanol–water partition coefficient (Wildman–Crippen LogP) is 2.56. The Labute approximate surface area is 142 Å². The second-order valence-corrected chi connectivity index (χ2v) is 6.53. The van der Waals surface area contributed by atoms with E-state index in [1.165, 1.54) is 7.11 Å². The van der Waals surface area contributed by atoms with E-state index in [4.69, 9.17) is 14.2 Å². The zero-order chi connectivity index (χ0) is 18.4. The number of carbonyl (C=O) groups excluding carboxylic acids is 2. The largest absolute Gasteiger partial charge is 0.497 e. The van der Waals surface area contributed by atoms with Gasteiger partial charge in [0.15, 0.2) is 5.54 Å². The quantitative estimate of drug-likeness (QED) is 0.775. The van der Waals surface area contributed by atoms with Crippen molar-refractivity contribution in [1.82, 2.24) is 5.32 Å². The van der Waals surface area contributed by atoms with Gasteiger partial charge in [-0.25, -0.2) is 9.59 Å². The monoisotopic (exact) mass is 338 g/mol. The summed E-state index contributed by atoms with van der Waals surface area (Å²) in [5.74, 6) is 0.150. The summed E-state index contributed by atoms with van der Waals surface area (Å²) in [6, 6.07) is 7.20. The summed E-state index contributed by atoms with van der Waals surface area (Å²) in [4.78, 5) is 24.1. The van der Waals surface area contributed by atoms with Gasteiger partial charge < -0.3 is 24.8 Å². The summed E-state index contributed by atoms with van der Waals surface area (Å²) >= 11 is 0. The minimum Gasteiger partial charge on any atom is -0.497 e. The van der Waals surface area contributed by atoms with E-state index < -0.39 is 23.2 Å². The molecule has 0 aliphatic carbocycles. The van der Waals surface area contributed by atoms with E-state index in [1.807, 2.05) is 12.1 Å². The molecule has 134 valence electrons. The topological polar surface area (TPSA) is 85.9 Å². The molecular weight excluding hydrogens is 312 g/mol. The Morgan fingerprint density at radius 2 is 1.62 bits per heavy atom. The van der Waals surface area contributed by atoms with E-state index in [9.17, 15) is 9.59 Å². The molecule has 0 spiro atoms. The Bertz CT molecular complexity index is 565. The molecule has 0 bridgehead atoms. The Morgan fingerprint density at radius 1 is 1.04 bits per heavy atom. The number of alkyl carbamates (subject to hydrolysis) is 1. The molecule has 1 atom stereocenters. The average molecular weight is 338 g/mol. The van der Waals surface area contributed by atoms with Crippen LogP contribution in [0.4, 0.5) is 10.5 Å². The third-order valence-corrected chi connectivity index (χ3v) is 3.15. The van der Waals surface area contributed by atoms with E-state index in [1.54, 1.807) is 46.9 Å². The fraction of sp³-hybridized carbons (Fsp3) is 0.529. The summed E-state index contributed by atoms with van der Waals surface area (Å²) < 4.78 is 15.1. The summed E-state index contributed by atoms with van der Waals surface area (Å²) in [5.41, 5.74) is -1.17. The van der Waals surface area contributed by atoms with Crippen LogP contribution >= 0.6 is 0 Å². The summed E-state index contributed by atoms with van der Waals surface area (Å²) in [5, 5.41) is 5.66. The van der Waals surface area contributed by atoms with Crippen molar-refractivity contribution in [2.24, 2.45) is 0 Å². The number of anilines is 1. The normalized spacial score (nSPS) is 13.4. The highest BCUT2D eigenvalue weighted by Gasteiger charge is 2.37. The first-order valence-electron chi connectivity index (χ1n) is 7.57. The van der Waals surface area contributed by atoms with Gasteiger partial charge in [0.1, 0.15) is 11.4 Å². The zero-order valence-corrected chi connectivity index (χ0v) is 15.1. The Balaban J connectivity index is 2.79. The maximum atomic E-state index is 12.1. The van der Waals surface area contributed by atoms with Gasteiger partial charge in [0.25, 0.3) is 0 Å². The molecule has 0 saturated carbocycles. The number of amides is 1. The Morgan fingerprint density at radius 3 is 2.08 bits per heavy atom. The molecule has 0 aromatic heterocycles. The maximum Gasteiger partial charge on any atom is 0.408 e. The number of hydrogen-bond acceptors (Lipinski definition) is 6. The second kappa shape index (κ2) is 7.90. The lowest BCUT2D eigenvalue weighted by molar-refractivity contribution is -0.147. The molecule has 0 heterocycles. The lowest BCUT2D eigenvalue weighted by Gasteiger charge is -2.30.